The van der Waals surface area contributed by atoms with Crippen LogP contribution in [0.15, 0.2) is 54.6 Å². The maximum Gasteiger partial charge on any atom is 0.127 e. The molecule has 90 valence electrons. The Labute approximate surface area is 107 Å². The van der Waals surface area contributed by atoms with Crippen LogP contribution in [-0.2, 0) is 0 Å². The van der Waals surface area contributed by atoms with Gasteiger partial charge in [-0.1, -0.05) is 18.2 Å². The topological polar surface area (TPSA) is 36.3 Å². The van der Waals surface area contributed by atoms with Crippen molar-refractivity contribution in [2.75, 3.05) is 18.5 Å². The highest BCUT2D eigenvalue weighted by Crippen LogP contribution is 2.23. The van der Waals surface area contributed by atoms with Gasteiger partial charge in [-0.2, -0.15) is 5.26 Å². The molecule has 2 rings (SSSR count). The summed E-state index contributed by atoms with van der Waals surface area (Å²) in [4.78, 5) is 1.88. The van der Waals surface area contributed by atoms with E-state index in [2.05, 4.69) is 6.07 Å². The first-order chi connectivity index (χ1) is 8.79. The van der Waals surface area contributed by atoms with E-state index in [0.29, 0.717) is 6.54 Å². The van der Waals surface area contributed by atoms with Gasteiger partial charge >= 0.3 is 0 Å². The van der Waals surface area contributed by atoms with Crippen LogP contribution in [0.5, 0.6) is 11.5 Å². The lowest BCUT2D eigenvalue weighted by Gasteiger charge is -2.15. The quantitative estimate of drug-likeness (QED) is 0.765. The molecule has 0 saturated heterocycles. The predicted molar refractivity (Wildman–Crippen MR) is 71.8 cm³/mol. The normalized spacial score (nSPS) is 9.56. The fourth-order valence-electron chi connectivity index (χ4n) is 1.59. The van der Waals surface area contributed by atoms with Crippen LogP contribution >= 0.6 is 0 Å². The Balaban J connectivity index is 2.07. The predicted octanol–water partition coefficient (Wildman–Crippen LogP) is 3.44. The zero-order valence-corrected chi connectivity index (χ0v) is 10.2. The standard InChI is InChI=1S/C15H14N2O/c1-17(12-11-16)13-7-9-15(10-8-13)18-14-5-3-2-4-6-14/h2-10H,12H2,1H3. The SMILES string of the molecule is CN(CC#N)c1ccc(Oc2ccccc2)cc1. The highest BCUT2D eigenvalue weighted by Gasteiger charge is 2.01. The van der Waals surface area contributed by atoms with Crippen molar-refractivity contribution < 1.29 is 4.74 Å². The van der Waals surface area contributed by atoms with Crippen molar-refractivity contribution in [3.8, 4) is 17.6 Å². The number of para-hydroxylation sites is 1. The Morgan fingerprint density at radius 3 is 2.22 bits per heavy atom. The van der Waals surface area contributed by atoms with Gasteiger partial charge in [-0.15, -0.1) is 0 Å². The zero-order chi connectivity index (χ0) is 12.8. The van der Waals surface area contributed by atoms with E-state index >= 15 is 0 Å². The van der Waals surface area contributed by atoms with Gasteiger partial charge in [0, 0.05) is 12.7 Å². The maximum absolute atomic E-state index is 8.63. The number of rotatable bonds is 4. The Bertz CT molecular complexity index is 529. The first-order valence-corrected chi connectivity index (χ1v) is 5.70. The smallest absolute Gasteiger partial charge is 0.127 e. The summed E-state index contributed by atoms with van der Waals surface area (Å²) in [6.45, 7) is 0.374. The molecule has 3 nitrogen and oxygen atoms in total. The minimum absolute atomic E-state index is 0.374. The van der Waals surface area contributed by atoms with Crippen LogP contribution in [0.2, 0.25) is 0 Å². The van der Waals surface area contributed by atoms with Crippen LogP contribution in [0.4, 0.5) is 5.69 Å². The average molecular weight is 238 g/mol. The first kappa shape index (κ1) is 12.0. The van der Waals surface area contributed by atoms with E-state index in [0.717, 1.165) is 17.2 Å². The fraction of sp³-hybridized carbons (Fsp3) is 0.133. The van der Waals surface area contributed by atoms with Crippen LogP contribution < -0.4 is 9.64 Å². The second-order valence-corrected chi connectivity index (χ2v) is 3.92. The maximum atomic E-state index is 8.63. The van der Waals surface area contributed by atoms with Gasteiger partial charge in [0.2, 0.25) is 0 Å². The van der Waals surface area contributed by atoms with Gasteiger partial charge in [-0.05, 0) is 36.4 Å². The molecule has 0 spiro atoms. The molecule has 2 aromatic carbocycles. The highest BCUT2D eigenvalue weighted by atomic mass is 16.5. The van der Waals surface area contributed by atoms with Crippen molar-refractivity contribution in [3.05, 3.63) is 54.6 Å². The number of ether oxygens (including phenoxy) is 1. The van der Waals surface area contributed by atoms with Gasteiger partial charge in [0.1, 0.15) is 18.0 Å². The molecule has 18 heavy (non-hydrogen) atoms. The molecule has 0 aliphatic carbocycles. The van der Waals surface area contributed by atoms with E-state index in [4.69, 9.17) is 10.00 Å². The summed E-state index contributed by atoms with van der Waals surface area (Å²) in [6.07, 6.45) is 0. The van der Waals surface area contributed by atoms with E-state index < -0.39 is 0 Å². The van der Waals surface area contributed by atoms with Crippen LogP contribution in [0.25, 0.3) is 0 Å². The molecule has 0 atom stereocenters. The largest absolute Gasteiger partial charge is 0.457 e. The minimum Gasteiger partial charge on any atom is -0.457 e. The van der Waals surface area contributed by atoms with E-state index in [9.17, 15) is 0 Å². The van der Waals surface area contributed by atoms with Gasteiger partial charge in [-0.25, -0.2) is 0 Å². The third-order valence-electron chi connectivity index (χ3n) is 2.56. The third-order valence-corrected chi connectivity index (χ3v) is 2.56. The molecule has 2 aromatic rings. The van der Waals surface area contributed by atoms with E-state index in [1.165, 1.54) is 0 Å². The third kappa shape index (κ3) is 3.02. The summed E-state index contributed by atoms with van der Waals surface area (Å²) >= 11 is 0. The highest BCUT2D eigenvalue weighted by molar-refractivity contribution is 5.49. The molecule has 0 aliphatic heterocycles. The molecule has 3 heteroatoms. The van der Waals surface area contributed by atoms with Crippen molar-refractivity contribution in [2.45, 2.75) is 0 Å². The summed E-state index contributed by atoms with van der Waals surface area (Å²) in [6, 6.07) is 19.4. The number of benzene rings is 2. The molecule has 0 fully saturated rings. The lowest BCUT2D eigenvalue weighted by Crippen LogP contribution is -2.16. The molecule has 0 N–H and O–H groups in total. The van der Waals surface area contributed by atoms with Crippen LogP contribution in [0.3, 0.4) is 0 Å². The molecule has 0 aliphatic rings. The van der Waals surface area contributed by atoms with E-state index in [1.54, 1.807) is 0 Å². The molecular formula is C15H14N2O. The van der Waals surface area contributed by atoms with E-state index in [1.807, 2.05) is 66.5 Å². The van der Waals surface area contributed by atoms with Crippen molar-refractivity contribution in [1.82, 2.24) is 0 Å². The summed E-state index contributed by atoms with van der Waals surface area (Å²) in [5.74, 6) is 1.60. The summed E-state index contributed by atoms with van der Waals surface area (Å²) in [5, 5.41) is 8.63. The Morgan fingerprint density at radius 2 is 1.61 bits per heavy atom. The molecule has 0 aromatic heterocycles. The van der Waals surface area contributed by atoms with Crippen molar-refractivity contribution in [2.24, 2.45) is 0 Å². The Morgan fingerprint density at radius 1 is 1.00 bits per heavy atom. The van der Waals surface area contributed by atoms with Crippen molar-refractivity contribution >= 4 is 5.69 Å². The molecular weight excluding hydrogens is 224 g/mol. The van der Waals surface area contributed by atoms with Gasteiger partial charge in [-0.3, -0.25) is 0 Å². The molecule has 0 amide bonds. The second-order valence-electron chi connectivity index (χ2n) is 3.92. The number of hydrogen-bond acceptors (Lipinski definition) is 3. The zero-order valence-electron chi connectivity index (χ0n) is 10.2. The lowest BCUT2D eigenvalue weighted by atomic mass is 10.3. The van der Waals surface area contributed by atoms with Crippen molar-refractivity contribution in [3.63, 3.8) is 0 Å². The van der Waals surface area contributed by atoms with E-state index in [-0.39, 0.29) is 0 Å². The summed E-state index contributed by atoms with van der Waals surface area (Å²) in [7, 11) is 1.89. The summed E-state index contributed by atoms with van der Waals surface area (Å²) in [5.41, 5.74) is 0.997. The summed E-state index contributed by atoms with van der Waals surface area (Å²) < 4.78 is 5.69. The Kier molecular flexibility index (Phi) is 3.83. The van der Waals surface area contributed by atoms with Gasteiger partial charge in [0.25, 0.3) is 0 Å². The number of hydrogen-bond donors (Lipinski definition) is 0. The van der Waals surface area contributed by atoms with Crippen molar-refractivity contribution in [1.29, 1.82) is 5.26 Å². The molecule has 0 radical (unpaired) electrons. The van der Waals surface area contributed by atoms with Crippen LogP contribution in [-0.4, -0.2) is 13.6 Å². The van der Waals surface area contributed by atoms with Crippen LogP contribution in [0, 0.1) is 11.3 Å². The number of nitriles is 1. The van der Waals surface area contributed by atoms with Gasteiger partial charge < -0.3 is 9.64 Å². The number of nitrogens with zero attached hydrogens (tertiary/aromatic N) is 2. The van der Waals surface area contributed by atoms with Crippen LogP contribution in [0.1, 0.15) is 0 Å². The molecule has 0 unspecified atom stereocenters. The average Bonchev–Trinajstić information content (AvgIpc) is 2.41. The Hall–Kier alpha value is -2.47. The molecule has 0 saturated carbocycles. The van der Waals surface area contributed by atoms with Gasteiger partial charge in [0.05, 0.1) is 6.07 Å². The second kappa shape index (κ2) is 5.74. The molecule has 0 heterocycles. The fourth-order valence-corrected chi connectivity index (χ4v) is 1.59. The molecule has 0 bridgehead atoms. The number of anilines is 1. The lowest BCUT2D eigenvalue weighted by molar-refractivity contribution is 0.482. The van der Waals surface area contributed by atoms with Gasteiger partial charge in [0.15, 0.2) is 0 Å². The first-order valence-electron chi connectivity index (χ1n) is 5.70. The monoisotopic (exact) mass is 238 g/mol. The minimum atomic E-state index is 0.374.